The van der Waals surface area contributed by atoms with Crippen LogP contribution in [0.5, 0.6) is 0 Å². The van der Waals surface area contributed by atoms with Crippen LogP contribution in [0.4, 0.5) is 4.79 Å². The molecule has 2 saturated heterocycles. The van der Waals surface area contributed by atoms with Gasteiger partial charge in [0.05, 0.1) is 13.1 Å². The van der Waals surface area contributed by atoms with E-state index in [0.717, 1.165) is 18.4 Å². The van der Waals surface area contributed by atoms with Crippen molar-refractivity contribution >= 4 is 17.8 Å². The highest BCUT2D eigenvalue weighted by molar-refractivity contribution is 5.91. The number of amides is 4. The molecule has 0 unspecified atom stereocenters. The van der Waals surface area contributed by atoms with Gasteiger partial charge in [-0.2, -0.15) is 0 Å². The molecule has 1 aromatic carbocycles. The van der Waals surface area contributed by atoms with Gasteiger partial charge in [-0.1, -0.05) is 76.8 Å². The van der Waals surface area contributed by atoms with Gasteiger partial charge in [-0.15, -0.1) is 0 Å². The summed E-state index contributed by atoms with van der Waals surface area (Å²) in [6, 6.07) is 8.97. The molecule has 1 aromatic rings. The highest BCUT2D eigenvalue weighted by atomic mass is 16.2. The number of likely N-dealkylation sites (N-methyl/N-ethyl adjacent to an activating group) is 1. The lowest BCUT2D eigenvalue weighted by Crippen LogP contribution is -2.76. The van der Waals surface area contributed by atoms with Crippen LogP contribution in [-0.4, -0.2) is 76.6 Å². The van der Waals surface area contributed by atoms with E-state index in [4.69, 9.17) is 0 Å². The number of hydrazine groups is 1. The van der Waals surface area contributed by atoms with Crippen LogP contribution in [0, 0.1) is 5.92 Å². The van der Waals surface area contributed by atoms with Crippen molar-refractivity contribution < 1.29 is 14.4 Å². The fourth-order valence-corrected chi connectivity index (χ4v) is 4.94. The van der Waals surface area contributed by atoms with Crippen LogP contribution in [0.15, 0.2) is 30.3 Å². The molecule has 0 spiro atoms. The van der Waals surface area contributed by atoms with E-state index in [1.807, 2.05) is 35.2 Å². The predicted molar refractivity (Wildman–Crippen MR) is 132 cm³/mol. The van der Waals surface area contributed by atoms with Gasteiger partial charge in [0.1, 0.15) is 12.2 Å². The minimum absolute atomic E-state index is 0.0167. The number of carbonyl (C=O) groups excluding carboxylic acids is 3. The molecule has 2 atom stereocenters. The lowest BCUT2D eigenvalue weighted by atomic mass is 9.97. The fraction of sp³-hybridized carbons (Fsp3) is 0.654. The summed E-state index contributed by atoms with van der Waals surface area (Å²) in [6.45, 7) is 7.81. The van der Waals surface area contributed by atoms with E-state index in [-0.39, 0.29) is 30.3 Å². The third-order valence-corrected chi connectivity index (χ3v) is 6.66. The first-order valence-corrected chi connectivity index (χ1v) is 12.8. The van der Waals surface area contributed by atoms with Gasteiger partial charge in [-0.05, 0) is 24.3 Å². The van der Waals surface area contributed by atoms with Crippen molar-refractivity contribution in [2.24, 2.45) is 5.92 Å². The second kappa shape index (κ2) is 12.2. The Morgan fingerprint density at radius 1 is 1.09 bits per heavy atom. The first kappa shape index (κ1) is 26.0. The molecule has 3 rings (SSSR count). The highest BCUT2D eigenvalue weighted by Crippen LogP contribution is 2.29. The Kier molecular flexibility index (Phi) is 9.33. The zero-order valence-corrected chi connectivity index (χ0v) is 21.2. The molecule has 0 aromatic heterocycles. The second-order valence-corrected chi connectivity index (χ2v) is 9.93. The molecule has 0 saturated carbocycles. The Bertz CT molecular complexity index is 831. The molecule has 2 fully saturated rings. The number of carbonyl (C=O) groups is 3. The van der Waals surface area contributed by atoms with E-state index in [9.17, 15) is 14.4 Å². The Balaban J connectivity index is 1.78. The largest absolute Gasteiger partial charge is 0.337 e. The molecule has 1 N–H and O–H groups in total. The van der Waals surface area contributed by atoms with E-state index in [1.165, 1.54) is 19.3 Å². The third kappa shape index (κ3) is 6.29. The smallest absolute Gasteiger partial charge is 0.334 e. The summed E-state index contributed by atoms with van der Waals surface area (Å²) < 4.78 is 0. The summed E-state index contributed by atoms with van der Waals surface area (Å²) >= 11 is 0. The fourth-order valence-electron chi connectivity index (χ4n) is 4.94. The van der Waals surface area contributed by atoms with Gasteiger partial charge < -0.3 is 15.1 Å². The Labute approximate surface area is 204 Å². The summed E-state index contributed by atoms with van der Waals surface area (Å²) in [4.78, 5) is 43.4. The zero-order chi connectivity index (χ0) is 24.7. The maximum absolute atomic E-state index is 13.4. The standard InChI is InChI=1S/C26H41N5O3/c1-5-6-7-8-12-15-29-18-23-30(22(25(29)33)16-20(2)3)24(32)19-28(4)31(23)26(34)27-17-21-13-10-9-11-14-21/h9-11,13-14,20,22-23H,5-8,12,15-19H2,1-4H3,(H,27,34)/t22-,23-/m0/s1. The highest BCUT2D eigenvalue weighted by Gasteiger charge is 2.50. The zero-order valence-electron chi connectivity index (χ0n) is 21.2. The number of hydrogen-bond donors (Lipinski definition) is 1. The maximum atomic E-state index is 13.4. The van der Waals surface area contributed by atoms with Crippen molar-refractivity contribution in [1.82, 2.24) is 25.1 Å². The molecule has 0 aliphatic carbocycles. The Hall–Kier alpha value is -2.61. The van der Waals surface area contributed by atoms with Crippen LogP contribution in [0.2, 0.25) is 0 Å². The average molecular weight is 472 g/mol. The second-order valence-electron chi connectivity index (χ2n) is 9.93. The van der Waals surface area contributed by atoms with E-state index < -0.39 is 12.2 Å². The maximum Gasteiger partial charge on any atom is 0.334 e. The number of benzene rings is 1. The number of nitrogens with one attached hydrogen (secondary N) is 1. The number of rotatable bonds is 10. The number of urea groups is 1. The average Bonchev–Trinajstić information content (AvgIpc) is 2.80. The van der Waals surface area contributed by atoms with Crippen LogP contribution in [0.1, 0.15) is 64.9 Å². The van der Waals surface area contributed by atoms with Crippen molar-refractivity contribution in [2.45, 2.75) is 78.0 Å². The molecule has 4 amide bonds. The SMILES string of the molecule is CCCCCCCN1C[C@H]2N(C(=O)CN(C)N2C(=O)NCc2ccccc2)[C@@H](CC(C)C)C1=O. The van der Waals surface area contributed by atoms with E-state index in [0.29, 0.717) is 26.1 Å². The number of unbranched alkanes of at least 4 members (excludes halogenated alkanes) is 4. The first-order valence-electron chi connectivity index (χ1n) is 12.8. The molecular formula is C26H41N5O3. The van der Waals surface area contributed by atoms with Crippen LogP contribution < -0.4 is 5.32 Å². The molecule has 2 aliphatic rings. The van der Waals surface area contributed by atoms with Crippen LogP contribution in [0.3, 0.4) is 0 Å². The number of fused-ring (bicyclic) bond motifs is 1. The van der Waals surface area contributed by atoms with Gasteiger partial charge in [0, 0.05) is 20.1 Å². The molecule has 8 heteroatoms. The summed E-state index contributed by atoms with van der Waals surface area (Å²) in [7, 11) is 1.76. The van der Waals surface area contributed by atoms with E-state index in [2.05, 4.69) is 26.1 Å². The number of hydrogen-bond acceptors (Lipinski definition) is 4. The molecule has 2 heterocycles. The van der Waals surface area contributed by atoms with Gasteiger partial charge in [0.15, 0.2) is 0 Å². The van der Waals surface area contributed by atoms with Crippen molar-refractivity contribution in [1.29, 1.82) is 0 Å². The summed E-state index contributed by atoms with van der Waals surface area (Å²) in [5.41, 5.74) is 1.01. The van der Waals surface area contributed by atoms with Gasteiger partial charge >= 0.3 is 6.03 Å². The molecule has 2 aliphatic heterocycles. The van der Waals surface area contributed by atoms with Gasteiger partial charge in [-0.25, -0.2) is 14.8 Å². The van der Waals surface area contributed by atoms with Crippen molar-refractivity contribution in [2.75, 3.05) is 26.7 Å². The topological polar surface area (TPSA) is 76.2 Å². The minimum Gasteiger partial charge on any atom is -0.337 e. The van der Waals surface area contributed by atoms with Crippen LogP contribution in [0.25, 0.3) is 0 Å². The Morgan fingerprint density at radius 2 is 1.79 bits per heavy atom. The first-order chi connectivity index (χ1) is 16.3. The lowest BCUT2D eigenvalue weighted by molar-refractivity contribution is -0.188. The van der Waals surface area contributed by atoms with Gasteiger partial charge in [0.25, 0.3) is 0 Å². The quantitative estimate of drug-likeness (QED) is 0.531. The molecule has 34 heavy (non-hydrogen) atoms. The van der Waals surface area contributed by atoms with Gasteiger partial charge in [-0.3, -0.25) is 9.59 Å². The number of piperazine rings is 1. The normalized spacial score (nSPS) is 21.3. The molecule has 188 valence electrons. The molecule has 0 bridgehead atoms. The van der Waals surface area contributed by atoms with Crippen LogP contribution in [-0.2, 0) is 16.1 Å². The third-order valence-electron chi connectivity index (χ3n) is 6.66. The Morgan fingerprint density at radius 3 is 2.47 bits per heavy atom. The van der Waals surface area contributed by atoms with Crippen molar-refractivity contribution in [3.63, 3.8) is 0 Å². The molecular weight excluding hydrogens is 430 g/mol. The monoisotopic (exact) mass is 471 g/mol. The lowest BCUT2D eigenvalue weighted by Gasteiger charge is -2.54. The van der Waals surface area contributed by atoms with E-state index in [1.54, 1.807) is 22.0 Å². The van der Waals surface area contributed by atoms with Gasteiger partial charge in [0.2, 0.25) is 11.8 Å². The van der Waals surface area contributed by atoms with Crippen molar-refractivity contribution in [3.05, 3.63) is 35.9 Å². The van der Waals surface area contributed by atoms with Crippen LogP contribution >= 0.6 is 0 Å². The summed E-state index contributed by atoms with van der Waals surface area (Å²) in [5.74, 6) is 0.177. The summed E-state index contributed by atoms with van der Waals surface area (Å²) in [5, 5.41) is 6.32. The molecule has 0 radical (unpaired) electrons. The predicted octanol–water partition coefficient (Wildman–Crippen LogP) is 3.44. The summed E-state index contributed by atoms with van der Waals surface area (Å²) in [6.07, 6.45) is 5.67. The van der Waals surface area contributed by atoms with Crippen molar-refractivity contribution in [3.8, 4) is 0 Å². The van der Waals surface area contributed by atoms with E-state index >= 15 is 0 Å². The minimum atomic E-state index is -0.528. The number of nitrogens with zero attached hydrogens (tertiary/aromatic N) is 4. The molecule has 8 nitrogen and oxygen atoms in total.